The Labute approximate surface area is 242 Å². The van der Waals surface area contributed by atoms with Gasteiger partial charge in [0.15, 0.2) is 0 Å². The van der Waals surface area contributed by atoms with E-state index in [-0.39, 0.29) is 163 Å². The predicted molar refractivity (Wildman–Crippen MR) is 17.3 cm³/mol. The van der Waals surface area contributed by atoms with Crippen LogP contribution in [-0.2, 0) is 0 Å². The van der Waals surface area contributed by atoms with Crippen molar-refractivity contribution in [2.75, 3.05) is 0 Å². The molecule has 0 amide bonds. The first-order chi connectivity index (χ1) is 6.00. The van der Waals surface area contributed by atoms with Crippen LogP contribution in [0.4, 0.5) is 0 Å². The standard InChI is InChI=1S/4Nd.3O4Si/c;;;;3*1-5(2,3)4/q4*+3;3*-4. The molecule has 0 bridgehead atoms. The third-order valence-corrected chi connectivity index (χ3v) is 0. The second-order valence-electron chi connectivity index (χ2n) is 1.50. The van der Waals surface area contributed by atoms with Crippen molar-refractivity contribution in [3.63, 3.8) is 0 Å². The van der Waals surface area contributed by atoms with E-state index in [0.29, 0.717) is 0 Å². The van der Waals surface area contributed by atoms with Crippen LogP contribution in [0.25, 0.3) is 0 Å². The van der Waals surface area contributed by atoms with Crippen LogP contribution in [0.1, 0.15) is 0 Å². The summed E-state index contributed by atoms with van der Waals surface area (Å²) in [7, 11) is -16.8. The van der Waals surface area contributed by atoms with Crippen molar-refractivity contribution in [3.8, 4) is 0 Å². The fourth-order valence-corrected chi connectivity index (χ4v) is 0. The Morgan fingerprint density at radius 3 is 0.263 bits per heavy atom. The summed E-state index contributed by atoms with van der Waals surface area (Å²) in [6, 6.07) is 0. The van der Waals surface area contributed by atoms with Crippen molar-refractivity contribution in [2.45, 2.75) is 0 Å². The largest absolute Gasteiger partial charge is 3.00 e. The number of hydrogen-bond acceptors (Lipinski definition) is 12. The Bertz CT molecular complexity index is 100.0. The van der Waals surface area contributed by atoms with E-state index in [0.717, 1.165) is 0 Å². The van der Waals surface area contributed by atoms with Gasteiger partial charge in [0.05, 0.1) is 0 Å². The topological polar surface area (TPSA) is 277 Å². The molecule has 0 saturated heterocycles. The van der Waals surface area contributed by atoms with Crippen LogP contribution in [0.3, 0.4) is 0 Å². The van der Waals surface area contributed by atoms with Gasteiger partial charge in [0.25, 0.3) is 0 Å². The van der Waals surface area contributed by atoms with Crippen LogP contribution >= 0.6 is 0 Å². The van der Waals surface area contributed by atoms with Gasteiger partial charge in [-0.05, 0) is 0 Å². The fraction of sp³-hybridized carbons (Fsp3) is 0. The quantitative estimate of drug-likeness (QED) is 0.206. The van der Waals surface area contributed by atoms with Crippen molar-refractivity contribution in [1.82, 2.24) is 0 Å². The first kappa shape index (κ1) is 44.2. The Hall–Kier alpha value is 5.57. The zero-order valence-corrected chi connectivity index (χ0v) is 24.2. The van der Waals surface area contributed by atoms with Gasteiger partial charge in [0, 0.05) is 0 Å². The summed E-state index contributed by atoms with van der Waals surface area (Å²) in [5, 5.41) is 0. The maximum absolute atomic E-state index is 8.58. The second-order valence-corrected chi connectivity index (χ2v) is 4.50. The van der Waals surface area contributed by atoms with Gasteiger partial charge in [-0.3, -0.25) is 0 Å². The van der Waals surface area contributed by atoms with Crippen molar-refractivity contribution in [3.05, 3.63) is 0 Å². The Morgan fingerprint density at radius 1 is 0.263 bits per heavy atom. The summed E-state index contributed by atoms with van der Waals surface area (Å²) in [6.45, 7) is 0. The molecule has 100 valence electrons. The zero-order valence-electron chi connectivity index (χ0n) is 8.40. The average molecular weight is 853 g/mol. The molecule has 12 nitrogen and oxygen atoms in total. The summed E-state index contributed by atoms with van der Waals surface area (Å²) in [5.41, 5.74) is 0. The molecule has 0 aromatic rings. The second kappa shape index (κ2) is 21.6. The molecule has 0 aliphatic rings. The van der Waals surface area contributed by atoms with Gasteiger partial charge >= 0.3 is 163 Å². The molecule has 0 aliphatic carbocycles. The molecule has 0 atom stereocenters. The van der Waals surface area contributed by atoms with Crippen LogP contribution in [0.2, 0.25) is 0 Å². The zero-order chi connectivity index (χ0) is 13.5. The molecule has 0 heterocycles. The van der Waals surface area contributed by atoms with E-state index in [1.54, 1.807) is 0 Å². The summed E-state index contributed by atoms with van der Waals surface area (Å²) < 4.78 is 0. The van der Waals surface area contributed by atoms with Gasteiger partial charge in [-0.25, -0.2) is 0 Å². The fourth-order valence-electron chi connectivity index (χ4n) is 0. The third kappa shape index (κ3) is 353. The van der Waals surface area contributed by atoms with Crippen LogP contribution < -0.4 is 57.5 Å². The number of rotatable bonds is 0. The number of hydrogen-bond donors (Lipinski definition) is 0. The van der Waals surface area contributed by atoms with E-state index >= 15 is 0 Å². The maximum atomic E-state index is 8.58. The molecule has 0 N–H and O–H groups in total. The van der Waals surface area contributed by atoms with Crippen LogP contribution in [-0.4, -0.2) is 27.1 Å². The molecule has 0 saturated carbocycles. The molecular weight excluding hydrogens is 853 g/mol. The molecule has 0 aliphatic heterocycles. The van der Waals surface area contributed by atoms with Gasteiger partial charge in [-0.15, -0.1) is 0 Å². The molecule has 0 spiro atoms. The van der Waals surface area contributed by atoms with Crippen molar-refractivity contribution in [2.24, 2.45) is 0 Å². The van der Waals surface area contributed by atoms with Crippen LogP contribution in [0.5, 0.6) is 0 Å². The van der Waals surface area contributed by atoms with Crippen LogP contribution in [0.15, 0.2) is 0 Å². The van der Waals surface area contributed by atoms with Crippen molar-refractivity contribution < 1.29 is 221 Å². The van der Waals surface area contributed by atoms with Gasteiger partial charge in [-0.1, -0.05) is 0 Å². The van der Waals surface area contributed by atoms with E-state index in [2.05, 4.69) is 0 Å². The van der Waals surface area contributed by atoms with E-state index in [4.69, 9.17) is 57.5 Å². The monoisotopic (exact) mass is 844 g/mol. The van der Waals surface area contributed by atoms with E-state index in [9.17, 15) is 0 Å². The minimum absolute atomic E-state index is 0. The average Bonchev–Trinajstić information content (AvgIpc) is 1.41. The summed E-state index contributed by atoms with van der Waals surface area (Å²) in [4.78, 5) is 103. The summed E-state index contributed by atoms with van der Waals surface area (Å²) in [6.07, 6.45) is 0. The van der Waals surface area contributed by atoms with Gasteiger partial charge in [0.1, 0.15) is 0 Å². The minimum atomic E-state index is -5.61. The van der Waals surface area contributed by atoms with E-state index in [1.807, 2.05) is 0 Å². The normalized spacial score (nSPS) is 9.47. The minimum Gasteiger partial charge on any atom is -0.894 e. The van der Waals surface area contributed by atoms with Crippen LogP contribution in [0, 0.1) is 163 Å². The Kier molecular flexibility index (Phi) is 50.3. The Balaban J connectivity index is -0.0000000206. The molecule has 0 aromatic carbocycles. The molecule has 0 unspecified atom stereocenters. The molecule has 19 heteroatoms. The smallest absolute Gasteiger partial charge is 0.894 e. The first-order valence-corrected chi connectivity index (χ1v) is 7.35. The van der Waals surface area contributed by atoms with Crippen molar-refractivity contribution in [1.29, 1.82) is 0 Å². The van der Waals surface area contributed by atoms with Gasteiger partial charge in [0.2, 0.25) is 0 Å². The third-order valence-electron chi connectivity index (χ3n) is 0. The van der Waals surface area contributed by atoms with Gasteiger partial charge in [-0.2, -0.15) is 0 Å². The molecule has 19 heavy (non-hydrogen) atoms. The predicted octanol–water partition coefficient (Wildman–Crippen LogP) is -15.4. The molecule has 0 aromatic heterocycles. The molecule has 0 rings (SSSR count). The van der Waals surface area contributed by atoms with E-state index in [1.165, 1.54) is 0 Å². The molecular formula is Nd4O12Si3. The summed E-state index contributed by atoms with van der Waals surface area (Å²) in [5.74, 6) is 0. The molecule has 4 radical (unpaired) electrons. The SMILES string of the molecule is [Nd+3].[Nd+3].[Nd+3].[Nd+3].[O-][Si]([O-])([O-])[O-].[O-][Si]([O-])([O-])[O-].[O-][Si]([O-])([O-])[O-]. The first-order valence-electron chi connectivity index (χ1n) is 2.45. The van der Waals surface area contributed by atoms with Gasteiger partial charge < -0.3 is 84.7 Å². The maximum Gasteiger partial charge on any atom is 3.00 e. The summed E-state index contributed by atoms with van der Waals surface area (Å²) >= 11 is 0. The molecule has 0 fully saturated rings. The van der Waals surface area contributed by atoms with E-state index < -0.39 is 27.1 Å². The Morgan fingerprint density at radius 2 is 0.263 bits per heavy atom. The van der Waals surface area contributed by atoms with Crippen molar-refractivity contribution >= 4 is 27.1 Å².